The van der Waals surface area contributed by atoms with E-state index in [2.05, 4.69) is 25.5 Å². The number of alkyl halides is 6. The van der Waals surface area contributed by atoms with Crippen LogP contribution >= 0.6 is 8.29 Å². The number of aromatic nitrogens is 4. The number of rotatable bonds is 3. The molecule has 3 rings (SSSR count). The topological polar surface area (TPSA) is 66.5 Å². The number of hydrogen-bond donors (Lipinski definition) is 2. The van der Waals surface area contributed by atoms with Crippen molar-refractivity contribution in [2.75, 3.05) is 17.8 Å². The van der Waals surface area contributed by atoms with Gasteiger partial charge in [-0.1, -0.05) is 8.29 Å². The van der Waals surface area contributed by atoms with Gasteiger partial charge in [-0.2, -0.15) is 31.4 Å². The molecule has 0 aromatic carbocycles. The molecule has 0 spiro atoms. The highest BCUT2D eigenvalue weighted by molar-refractivity contribution is 8.69. The number of hydrogen-bond acceptors (Lipinski definition) is 4. The molecule has 5 nitrogen and oxygen atoms in total. The molecule has 0 radical (unpaired) electrons. The first-order valence-corrected chi connectivity index (χ1v) is 10.7. The lowest BCUT2D eigenvalue weighted by molar-refractivity contribution is -0.0895. The van der Waals surface area contributed by atoms with Crippen molar-refractivity contribution in [1.29, 1.82) is 0 Å². The van der Waals surface area contributed by atoms with Crippen LogP contribution in [0.3, 0.4) is 0 Å². The first-order valence-electron chi connectivity index (χ1n) is 7.41. The van der Waals surface area contributed by atoms with Gasteiger partial charge in [0.05, 0.1) is 16.1 Å². The summed E-state index contributed by atoms with van der Waals surface area (Å²) in [4.78, 5) is 5.59. The molecular weight excluding hydrogens is 396 g/mol. The van der Waals surface area contributed by atoms with E-state index in [1.54, 1.807) is 0 Å². The molecule has 2 N–H and O–H groups in total. The van der Waals surface area contributed by atoms with Crippen LogP contribution in [0.5, 0.6) is 0 Å². The number of H-pyrrole nitrogens is 1. The van der Waals surface area contributed by atoms with Crippen LogP contribution in [0, 0.1) is 0 Å². The third kappa shape index (κ3) is 2.07. The SMILES string of the molecule is CS1(C)(c2ncccn2)(C(F)(F)F)C(Nc2ccn[nH]2)=CC=C1C(F)(F)F. The molecule has 0 unspecified atom stereocenters. The largest absolute Gasteiger partial charge is 0.427 e. The van der Waals surface area contributed by atoms with E-state index in [0.717, 1.165) is 18.5 Å². The Hall–Kier alpha value is -2.50. The average Bonchev–Trinajstić information content (AvgIpc) is 3.14. The monoisotopic (exact) mass is 411 g/mol. The van der Waals surface area contributed by atoms with Gasteiger partial charge in [-0.25, -0.2) is 9.97 Å². The van der Waals surface area contributed by atoms with Gasteiger partial charge in [0.1, 0.15) is 5.82 Å². The fourth-order valence-electron chi connectivity index (χ4n) is 3.13. The van der Waals surface area contributed by atoms with E-state index in [1.165, 1.54) is 18.3 Å². The Morgan fingerprint density at radius 1 is 0.963 bits per heavy atom. The third-order valence-electron chi connectivity index (χ3n) is 4.95. The van der Waals surface area contributed by atoms with Crippen LogP contribution in [0.15, 0.2) is 58.0 Å². The number of anilines is 1. The molecule has 1 aliphatic rings. The van der Waals surface area contributed by atoms with Crippen molar-refractivity contribution >= 4 is 14.1 Å². The van der Waals surface area contributed by atoms with Crippen LogP contribution in [0.1, 0.15) is 0 Å². The lowest BCUT2D eigenvalue weighted by Gasteiger charge is -2.71. The molecule has 0 fully saturated rings. The van der Waals surface area contributed by atoms with Crippen LogP contribution < -0.4 is 5.32 Å². The fourth-order valence-corrected chi connectivity index (χ4v) is 7.69. The van der Waals surface area contributed by atoms with Gasteiger partial charge in [-0.3, -0.25) is 5.10 Å². The highest BCUT2D eigenvalue weighted by atomic mass is 32.4. The van der Waals surface area contributed by atoms with Gasteiger partial charge in [-0.05, 0) is 30.7 Å². The molecule has 2 aromatic rings. The minimum atomic E-state index is -6.53. The summed E-state index contributed by atoms with van der Waals surface area (Å²) >= 11 is 0. The van der Waals surface area contributed by atoms with Crippen LogP contribution in [0.25, 0.3) is 0 Å². The van der Waals surface area contributed by atoms with Gasteiger partial charge >= 0.3 is 11.7 Å². The zero-order valence-electron chi connectivity index (χ0n) is 14.1. The Labute approximate surface area is 148 Å². The number of halogens is 6. The van der Waals surface area contributed by atoms with Crippen LogP contribution in [-0.2, 0) is 0 Å². The van der Waals surface area contributed by atoms with E-state index in [4.69, 9.17) is 0 Å². The summed E-state index contributed by atoms with van der Waals surface area (Å²) in [6.07, 6.45) is 0.344. The van der Waals surface area contributed by atoms with Crippen molar-refractivity contribution < 1.29 is 26.3 Å². The van der Waals surface area contributed by atoms with Crippen molar-refractivity contribution in [3.05, 3.63) is 52.8 Å². The molecule has 148 valence electrons. The second kappa shape index (κ2) is 5.06. The Kier molecular flexibility index (Phi) is 3.61. The molecular formula is C15H15F6N5S. The molecule has 27 heavy (non-hydrogen) atoms. The van der Waals surface area contributed by atoms with Crippen molar-refractivity contribution in [2.45, 2.75) is 16.8 Å². The summed E-state index contributed by atoms with van der Waals surface area (Å²) in [6.45, 7) is 0. The molecule has 0 saturated carbocycles. The summed E-state index contributed by atoms with van der Waals surface area (Å²) in [5, 5.41) is 6.82. The molecule has 0 saturated heterocycles. The van der Waals surface area contributed by atoms with Gasteiger partial charge in [-0.15, -0.1) is 0 Å². The highest BCUT2D eigenvalue weighted by Crippen LogP contribution is 3.06. The molecule has 0 bridgehead atoms. The van der Waals surface area contributed by atoms with E-state index < -0.39 is 35.1 Å². The maximum absolute atomic E-state index is 14.9. The Morgan fingerprint density at radius 2 is 1.59 bits per heavy atom. The quantitative estimate of drug-likeness (QED) is 0.571. The van der Waals surface area contributed by atoms with Crippen molar-refractivity contribution in [3.63, 3.8) is 0 Å². The molecule has 0 atom stereocenters. The number of allylic oxidation sites excluding steroid dienone is 3. The average molecular weight is 411 g/mol. The van der Waals surface area contributed by atoms with Crippen molar-refractivity contribution in [2.24, 2.45) is 0 Å². The Balaban J connectivity index is 2.46. The zero-order chi connectivity index (χ0) is 20.2. The zero-order valence-corrected chi connectivity index (χ0v) is 14.9. The van der Waals surface area contributed by atoms with E-state index in [0.29, 0.717) is 18.6 Å². The van der Waals surface area contributed by atoms with E-state index >= 15 is 0 Å². The minimum absolute atomic E-state index is 0.00644. The van der Waals surface area contributed by atoms with E-state index in [1.807, 2.05) is 0 Å². The summed E-state index contributed by atoms with van der Waals surface area (Å²) < 4.78 is 86.4. The minimum Gasteiger partial charge on any atom is -0.337 e. The third-order valence-corrected chi connectivity index (χ3v) is 11.7. The maximum Gasteiger partial charge on any atom is 0.427 e. The summed E-state index contributed by atoms with van der Waals surface area (Å²) in [5.41, 5.74) is -5.36. The van der Waals surface area contributed by atoms with Crippen molar-refractivity contribution in [3.8, 4) is 0 Å². The van der Waals surface area contributed by atoms with E-state index in [9.17, 15) is 26.3 Å². The molecule has 0 aliphatic carbocycles. The van der Waals surface area contributed by atoms with Crippen LogP contribution in [-0.4, -0.2) is 44.4 Å². The molecule has 3 heterocycles. The second-order valence-corrected chi connectivity index (χ2v) is 13.8. The van der Waals surface area contributed by atoms with Crippen LogP contribution in [0.4, 0.5) is 32.2 Å². The lowest BCUT2D eigenvalue weighted by atomic mass is 10.4. The van der Waals surface area contributed by atoms with Gasteiger partial charge < -0.3 is 5.32 Å². The Bertz CT molecular complexity index is 943. The maximum atomic E-state index is 14.9. The highest BCUT2D eigenvalue weighted by Gasteiger charge is 2.84. The normalized spacial score (nSPS) is 23.3. The van der Waals surface area contributed by atoms with E-state index in [-0.39, 0.29) is 5.82 Å². The first-order chi connectivity index (χ1) is 12.3. The predicted molar refractivity (Wildman–Crippen MR) is 90.2 cm³/mol. The standard InChI is InChI=1S/C15H15F6N5S/c1-27(2,15(19,20)21,13-22-7-3-8-23-13)10(14(16,17)18)4-5-12(27)25-11-6-9-24-26-11/h3-9H,1-2H3,(H2,24,25,26). The number of nitrogens with one attached hydrogen (secondary N) is 2. The molecule has 0 amide bonds. The molecule has 2 aromatic heterocycles. The molecule has 12 heteroatoms. The van der Waals surface area contributed by atoms with Crippen LogP contribution in [0.2, 0.25) is 0 Å². The summed E-state index contributed by atoms with van der Waals surface area (Å²) in [7, 11) is -6.53. The smallest absolute Gasteiger partial charge is 0.337 e. The lowest BCUT2D eigenvalue weighted by Crippen LogP contribution is -2.53. The second-order valence-electron chi connectivity index (χ2n) is 6.79. The first kappa shape index (κ1) is 19.3. The summed E-state index contributed by atoms with van der Waals surface area (Å²) in [5.74, 6) is 0.00644. The predicted octanol–water partition coefficient (Wildman–Crippen LogP) is 4.63. The number of nitrogens with zero attached hydrogens (tertiary/aromatic N) is 3. The van der Waals surface area contributed by atoms with Crippen molar-refractivity contribution in [1.82, 2.24) is 20.2 Å². The number of aromatic amines is 1. The van der Waals surface area contributed by atoms with Gasteiger partial charge in [0.15, 0.2) is 5.16 Å². The summed E-state index contributed by atoms with van der Waals surface area (Å²) in [6, 6.07) is 2.54. The van der Waals surface area contributed by atoms with Gasteiger partial charge in [0.25, 0.3) is 0 Å². The Morgan fingerprint density at radius 3 is 2.07 bits per heavy atom. The van der Waals surface area contributed by atoms with Gasteiger partial charge in [0.2, 0.25) is 0 Å². The van der Waals surface area contributed by atoms with Gasteiger partial charge in [0, 0.05) is 18.5 Å². The fraction of sp³-hybridized carbons (Fsp3) is 0.267. The molecule has 1 aliphatic heterocycles.